The lowest BCUT2D eigenvalue weighted by Crippen LogP contribution is -2.46. The molecule has 0 amide bonds. The minimum absolute atomic E-state index is 0.224. The summed E-state index contributed by atoms with van der Waals surface area (Å²) >= 11 is 3.42. The van der Waals surface area contributed by atoms with Gasteiger partial charge in [0.25, 0.3) is 0 Å². The maximum atomic E-state index is 13.0. The smallest absolute Gasteiger partial charge is 0.207 e. The van der Waals surface area contributed by atoms with Gasteiger partial charge < -0.3 is 0 Å². The second kappa shape index (κ2) is 5.43. The number of sulfonamides is 1. The van der Waals surface area contributed by atoms with E-state index in [2.05, 4.69) is 15.9 Å². The highest BCUT2D eigenvalue weighted by atomic mass is 79.9. The standard InChI is InChI=1S/C15H20BrNO2S/c1-11-7-8-15(13(16)10-11)20(18,19)17-9-3-5-12-4-2-6-14(12)17/h7-8,10,12,14H,2-6,9H2,1H3. The van der Waals surface area contributed by atoms with Gasteiger partial charge in [0.05, 0.1) is 4.90 Å². The van der Waals surface area contributed by atoms with Gasteiger partial charge in [-0.1, -0.05) is 12.5 Å². The first-order valence-electron chi connectivity index (χ1n) is 7.28. The van der Waals surface area contributed by atoms with Crippen molar-refractivity contribution in [1.82, 2.24) is 4.31 Å². The molecule has 1 saturated heterocycles. The molecule has 1 heterocycles. The van der Waals surface area contributed by atoms with E-state index in [-0.39, 0.29) is 6.04 Å². The normalized spacial score (nSPS) is 27.5. The van der Waals surface area contributed by atoms with Crippen LogP contribution < -0.4 is 0 Å². The molecule has 2 aliphatic rings. The Morgan fingerprint density at radius 1 is 1.20 bits per heavy atom. The molecule has 0 bridgehead atoms. The molecule has 0 aromatic heterocycles. The number of benzene rings is 1. The van der Waals surface area contributed by atoms with E-state index in [1.165, 1.54) is 12.8 Å². The van der Waals surface area contributed by atoms with Gasteiger partial charge >= 0.3 is 0 Å². The number of aryl methyl sites for hydroxylation is 1. The van der Waals surface area contributed by atoms with Crippen molar-refractivity contribution in [1.29, 1.82) is 0 Å². The fraction of sp³-hybridized carbons (Fsp3) is 0.600. The van der Waals surface area contributed by atoms with Crippen LogP contribution in [0, 0.1) is 12.8 Å². The Labute approximate surface area is 129 Å². The lowest BCUT2D eigenvalue weighted by atomic mass is 9.94. The van der Waals surface area contributed by atoms with E-state index < -0.39 is 10.0 Å². The molecule has 3 rings (SSSR count). The molecule has 0 radical (unpaired) electrons. The van der Waals surface area contributed by atoms with Crippen molar-refractivity contribution in [2.45, 2.75) is 50.0 Å². The van der Waals surface area contributed by atoms with E-state index in [4.69, 9.17) is 0 Å². The van der Waals surface area contributed by atoms with Gasteiger partial charge in [-0.15, -0.1) is 0 Å². The van der Waals surface area contributed by atoms with Gasteiger partial charge in [0.15, 0.2) is 0 Å². The molecule has 1 saturated carbocycles. The van der Waals surface area contributed by atoms with Gasteiger partial charge in [-0.2, -0.15) is 4.31 Å². The molecule has 0 spiro atoms. The lowest BCUT2D eigenvalue weighted by molar-refractivity contribution is 0.202. The molecule has 1 aromatic carbocycles. The third-order valence-corrected chi connectivity index (χ3v) is 7.52. The quantitative estimate of drug-likeness (QED) is 0.808. The molecule has 1 aliphatic heterocycles. The van der Waals surface area contributed by atoms with Crippen molar-refractivity contribution in [2.75, 3.05) is 6.54 Å². The maximum absolute atomic E-state index is 13.0. The van der Waals surface area contributed by atoms with Crippen LogP contribution in [0.5, 0.6) is 0 Å². The molecule has 0 N–H and O–H groups in total. The maximum Gasteiger partial charge on any atom is 0.244 e. The number of nitrogens with zero attached hydrogens (tertiary/aromatic N) is 1. The topological polar surface area (TPSA) is 37.4 Å². The van der Waals surface area contributed by atoms with Crippen molar-refractivity contribution in [2.24, 2.45) is 5.92 Å². The Hall–Kier alpha value is -0.390. The van der Waals surface area contributed by atoms with Crippen molar-refractivity contribution < 1.29 is 8.42 Å². The van der Waals surface area contributed by atoms with Crippen LogP contribution in [0.25, 0.3) is 0 Å². The van der Waals surface area contributed by atoms with Crippen LogP contribution in [-0.2, 0) is 10.0 Å². The summed E-state index contributed by atoms with van der Waals surface area (Å²) in [7, 11) is -3.38. The van der Waals surface area contributed by atoms with Gasteiger partial charge in [0, 0.05) is 17.1 Å². The van der Waals surface area contributed by atoms with Crippen LogP contribution in [0.4, 0.5) is 0 Å². The lowest BCUT2D eigenvalue weighted by Gasteiger charge is -2.36. The Balaban J connectivity index is 1.98. The third kappa shape index (κ3) is 2.44. The molecule has 20 heavy (non-hydrogen) atoms. The average Bonchev–Trinajstić information content (AvgIpc) is 2.85. The summed E-state index contributed by atoms with van der Waals surface area (Å²) in [5.74, 6) is 0.572. The minimum Gasteiger partial charge on any atom is -0.207 e. The van der Waals surface area contributed by atoms with Crippen LogP contribution in [0.1, 0.15) is 37.7 Å². The van der Waals surface area contributed by atoms with Crippen LogP contribution in [0.3, 0.4) is 0 Å². The summed E-state index contributed by atoms with van der Waals surface area (Å²) in [5.41, 5.74) is 1.06. The van der Waals surface area contributed by atoms with Crippen LogP contribution in [0.15, 0.2) is 27.6 Å². The number of hydrogen-bond acceptors (Lipinski definition) is 2. The van der Waals surface area contributed by atoms with Crippen molar-refractivity contribution in [3.8, 4) is 0 Å². The summed E-state index contributed by atoms with van der Waals surface area (Å²) in [6.07, 6.45) is 5.55. The Kier molecular flexibility index (Phi) is 3.95. The molecule has 1 aromatic rings. The Morgan fingerprint density at radius 3 is 2.70 bits per heavy atom. The van der Waals surface area contributed by atoms with Gasteiger partial charge in [0.2, 0.25) is 10.0 Å². The highest BCUT2D eigenvalue weighted by Crippen LogP contribution is 2.40. The van der Waals surface area contributed by atoms with Crippen molar-refractivity contribution >= 4 is 26.0 Å². The van der Waals surface area contributed by atoms with Gasteiger partial charge in [-0.05, 0) is 72.2 Å². The van der Waals surface area contributed by atoms with Crippen LogP contribution in [0.2, 0.25) is 0 Å². The fourth-order valence-electron chi connectivity index (χ4n) is 3.65. The second-order valence-corrected chi connectivity index (χ2v) is 8.66. The first kappa shape index (κ1) is 14.5. The number of fused-ring (bicyclic) bond motifs is 1. The summed E-state index contributed by atoms with van der Waals surface area (Å²) < 4.78 is 28.4. The number of halogens is 1. The first-order chi connectivity index (χ1) is 9.50. The summed E-state index contributed by atoms with van der Waals surface area (Å²) in [4.78, 5) is 0.413. The predicted molar refractivity (Wildman–Crippen MR) is 83.1 cm³/mol. The number of rotatable bonds is 2. The van der Waals surface area contributed by atoms with E-state index in [0.29, 0.717) is 21.8 Å². The summed E-state index contributed by atoms with van der Waals surface area (Å²) in [5, 5.41) is 0. The molecule has 1 aliphatic carbocycles. The first-order valence-corrected chi connectivity index (χ1v) is 9.51. The predicted octanol–water partition coefficient (Wildman–Crippen LogP) is 3.71. The van der Waals surface area contributed by atoms with Gasteiger partial charge in [-0.3, -0.25) is 0 Å². The van der Waals surface area contributed by atoms with E-state index in [0.717, 1.165) is 24.8 Å². The van der Waals surface area contributed by atoms with E-state index >= 15 is 0 Å². The molecule has 2 atom stereocenters. The molecule has 2 fully saturated rings. The van der Waals surface area contributed by atoms with Crippen LogP contribution in [-0.4, -0.2) is 25.3 Å². The summed E-state index contributed by atoms with van der Waals surface area (Å²) in [6, 6.07) is 5.70. The largest absolute Gasteiger partial charge is 0.244 e. The molecule has 110 valence electrons. The van der Waals surface area contributed by atoms with E-state index in [9.17, 15) is 8.42 Å². The fourth-order valence-corrected chi connectivity index (χ4v) is 6.56. The van der Waals surface area contributed by atoms with Crippen molar-refractivity contribution in [3.63, 3.8) is 0 Å². The second-order valence-electron chi connectivity index (χ2n) is 5.95. The third-order valence-electron chi connectivity index (χ3n) is 4.62. The summed E-state index contributed by atoms with van der Waals surface area (Å²) in [6.45, 7) is 2.64. The monoisotopic (exact) mass is 357 g/mol. The SMILES string of the molecule is Cc1ccc(S(=O)(=O)N2CCCC3CCCC32)c(Br)c1. The Bertz CT molecular complexity index is 614. The molecular formula is C15H20BrNO2S. The molecule has 3 nitrogen and oxygen atoms in total. The van der Waals surface area contributed by atoms with Gasteiger partial charge in [-0.25, -0.2) is 8.42 Å². The zero-order chi connectivity index (χ0) is 14.3. The molecule has 2 unspecified atom stereocenters. The Morgan fingerprint density at radius 2 is 1.95 bits per heavy atom. The average molecular weight is 358 g/mol. The van der Waals surface area contributed by atoms with Crippen molar-refractivity contribution in [3.05, 3.63) is 28.2 Å². The van der Waals surface area contributed by atoms with Gasteiger partial charge in [0.1, 0.15) is 0 Å². The highest BCUT2D eigenvalue weighted by molar-refractivity contribution is 9.10. The zero-order valence-electron chi connectivity index (χ0n) is 11.7. The highest BCUT2D eigenvalue weighted by Gasteiger charge is 2.41. The van der Waals surface area contributed by atoms with Crippen LogP contribution >= 0.6 is 15.9 Å². The zero-order valence-corrected chi connectivity index (χ0v) is 14.1. The minimum atomic E-state index is -3.38. The number of hydrogen-bond donors (Lipinski definition) is 0. The van der Waals surface area contributed by atoms with E-state index in [1.54, 1.807) is 10.4 Å². The molecular weight excluding hydrogens is 338 g/mol. The molecule has 5 heteroatoms. The van der Waals surface area contributed by atoms with E-state index in [1.807, 2.05) is 19.1 Å². The number of piperidine rings is 1.